The molecule has 2 atom stereocenters. The van der Waals surface area contributed by atoms with Gasteiger partial charge in [-0.05, 0) is 62.8 Å². The molecule has 2 aliphatic carbocycles. The van der Waals surface area contributed by atoms with E-state index in [-0.39, 0.29) is 36.2 Å². The molecule has 1 aliphatic heterocycles. The van der Waals surface area contributed by atoms with Crippen LogP contribution in [0.2, 0.25) is 0 Å². The summed E-state index contributed by atoms with van der Waals surface area (Å²) in [5.41, 5.74) is 5.47. The number of urea groups is 1. The number of carbonyl (C=O) groups is 3. The van der Waals surface area contributed by atoms with Crippen molar-refractivity contribution in [2.75, 3.05) is 29.1 Å². The number of hydrogen-bond donors (Lipinski definition) is 2. The molecule has 3 aliphatic rings. The summed E-state index contributed by atoms with van der Waals surface area (Å²) in [4.78, 5) is 58.9. The van der Waals surface area contributed by atoms with Crippen LogP contribution in [-0.4, -0.2) is 60.7 Å². The Morgan fingerprint density at radius 2 is 1.88 bits per heavy atom. The Morgan fingerprint density at radius 1 is 1.05 bits per heavy atom. The van der Waals surface area contributed by atoms with Crippen molar-refractivity contribution in [2.24, 2.45) is 5.92 Å². The number of aromatic nitrogens is 5. The summed E-state index contributed by atoms with van der Waals surface area (Å²) in [6.07, 6.45) is 8.68. The summed E-state index contributed by atoms with van der Waals surface area (Å²) >= 11 is 0. The number of nitrogens with one attached hydrogen (secondary N) is 2. The first kappa shape index (κ1) is 26.1. The van der Waals surface area contributed by atoms with Gasteiger partial charge in [-0.1, -0.05) is 0 Å². The first-order chi connectivity index (χ1) is 20.2. The number of imidazole rings is 1. The number of carbonyl (C=O) groups excluding carboxylic acids is 3. The van der Waals surface area contributed by atoms with Gasteiger partial charge in [-0.25, -0.2) is 24.7 Å². The Kier molecular flexibility index (Phi) is 6.14. The van der Waals surface area contributed by atoms with E-state index in [2.05, 4.69) is 31.8 Å². The Bertz CT molecular complexity index is 1760. The van der Waals surface area contributed by atoms with Crippen LogP contribution in [0.1, 0.15) is 59.6 Å². The third kappa shape index (κ3) is 4.93. The molecule has 7 rings (SSSR count). The molecule has 12 nitrogen and oxygen atoms in total. The van der Waals surface area contributed by atoms with E-state index in [9.17, 15) is 14.4 Å². The molecule has 3 fully saturated rings. The van der Waals surface area contributed by atoms with E-state index in [4.69, 9.17) is 4.98 Å². The molecule has 2 N–H and O–H groups in total. The van der Waals surface area contributed by atoms with Gasteiger partial charge in [0.15, 0.2) is 5.65 Å². The van der Waals surface area contributed by atoms with Crippen molar-refractivity contribution >= 4 is 40.7 Å². The largest absolute Gasteiger partial charge is 0.364 e. The summed E-state index contributed by atoms with van der Waals surface area (Å²) in [6.45, 7) is 4.18. The first-order valence-corrected chi connectivity index (χ1v) is 14.2. The van der Waals surface area contributed by atoms with Gasteiger partial charge in [0.2, 0.25) is 11.8 Å². The van der Waals surface area contributed by atoms with Crippen molar-refractivity contribution < 1.29 is 14.4 Å². The predicted molar refractivity (Wildman–Crippen MR) is 155 cm³/mol. The fourth-order valence-electron chi connectivity index (χ4n) is 5.53. The van der Waals surface area contributed by atoms with Gasteiger partial charge >= 0.3 is 6.03 Å². The van der Waals surface area contributed by atoms with Gasteiger partial charge in [0.1, 0.15) is 18.2 Å². The zero-order chi connectivity index (χ0) is 29.1. The van der Waals surface area contributed by atoms with Crippen molar-refractivity contribution in [3.63, 3.8) is 0 Å². The lowest BCUT2D eigenvalue weighted by atomic mass is 10.1. The first-order valence-electron chi connectivity index (χ1n) is 14.2. The van der Waals surface area contributed by atoms with E-state index in [1.54, 1.807) is 6.20 Å². The van der Waals surface area contributed by atoms with Crippen LogP contribution < -0.4 is 15.5 Å². The molecular weight excluding hydrogens is 534 g/mol. The van der Waals surface area contributed by atoms with Gasteiger partial charge in [-0.15, -0.1) is 0 Å². The molecule has 0 aromatic carbocycles. The second-order valence-corrected chi connectivity index (χ2v) is 11.4. The summed E-state index contributed by atoms with van der Waals surface area (Å²) in [6, 6.07) is 7.14. The zero-order valence-electron chi connectivity index (χ0n) is 23.7. The van der Waals surface area contributed by atoms with Crippen LogP contribution in [0.5, 0.6) is 0 Å². The standard InChI is InChI=1S/C30H31N9O3/c1-16-6-7-31-27(34-16)22-11-23(22)29(41)36-20-8-17(2)33-25(10-20)32-12-21-14-38-13-19(18-4-5-18)9-24(28(38)35-21)39-15-26(40)37(3)30(39)42/h6-10,13-14,18,22-23H,4-5,11-12,15H2,1-3H3,(H2,32,33,36,41)/t22-,23-/m0/s1. The molecule has 0 radical (unpaired) electrons. The molecule has 0 unspecified atom stereocenters. The van der Waals surface area contributed by atoms with E-state index >= 15 is 0 Å². The van der Waals surface area contributed by atoms with Crippen molar-refractivity contribution in [3.8, 4) is 0 Å². The maximum atomic E-state index is 13.0. The fourth-order valence-corrected chi connectivity index (χ4v) is 5.53. The van der Waals surface area contributed by atoms with Crippen LogP contribution in [0.25, 0.3) is 5.65 Å². The summed E-state index contributed by atoms with van der Waals surface area (Å²) < 4.78 is 1.94. The minimum absolute atomic E-state index is 0.000876. The average Bonchev–Trinajstić information content (AvgIpc) is 3.88. The molecule has 5 heterocycles. The molecule has 42 heavy (non-hydrogen) atoms. The highest BCUT2D eigenvalue weighted by Crippen LogP contribution is 2.46. The van der Waals surface area contributed by atoms with E-state index in [1.807, 2.05) is 48.7 Å². The maximum Gasteiger partial charge on any atom is 0.331 e. The number of amides is 4. The summed E-state index contributed by atoms with van der Waals surface area (Å²) in [5.74, 6) is 1.39. The van der Waals surface area contributed by atoms with E-state index in [0.717, 1.165) is 52.6 Å². The zero-order valence-corrected chi connectivity index (χ0v) is 23.7. The average molecular weight is 566 g/mol. The van der Waals surface area contributed by atoms with Crippen LogP contribution in [0.15, 0.2) is 42.9 Å². The number of hydrogen-bond acceptors (Lipinski definition) is 8. The van der Waals surface area contributed by atoms with E-state index in [0.29, 0.717) is 35.3 Å². The fraction of sp³-hybridized carbons (Fsp3) is 0.367. The Hall–Kier alpha value is -4.87. The van der Waals surface area contributed by atoms with Crippen LogP contribution in [0, 0.1) is 19.8 Å². The Labute approximate surface area is 242 Å². The number of rotatable bonds is 8. The molecular formula is C30H31N9O3. The number of likely N-dealkylation sites (N-methyl/N-ethyl adjacent to an activating group) is 1. The van der Waals surface area contributed by atoms with Gasteiger partial charge in [-0.3, -0.25) is 19.4 Å². The highest BCUT2D eigenvalue weighted by molar-refractivity contribution is 6.13. The highest BCUT2D eigenvalue weighted by Gasteiger charge is 2.46. The van der Waals surface area contributed by atoms with Crippen LogP contribution in [-0.2, 0) is 16.1 Å². The summed E-state index contributed by atoms with van der Waals surface area (Å²) in [7, 11) is 1.50. The van der Waals surface area contributed by atoms with Crippen LogP contribution >= 0.6 is 0 Å². The Balaban J connectivity index is 1.07. The molecule has 2 saturated carbocycles. The number of fused-ring (bicyclic) bond motifs is 1. The van der Waals surface area contributed by atoms with Gasteiger partial charge < -0.3 is 15.0 Å². The number of nitrogens with zero attached hydrogens (tertiary/aromatic N) is 7. The topological polar surface area (TPSA) is 138 Å². The molecule has 1 saturated heterocycles. The second-order valence-electron chi connectivity index (χ2n) is 11.4. The SMILES string of the molecule is Cc1cc(NC(=O)[C@H]2C[C@@H]2c2nccc(C)n2)cc(NCc2cn3cc(C4CC4)cc(N4CC(=O)N(C)C4=O)c3n2)n1. The highest BCUT2D eigenvalue weighted by atomic mass is 16.2. The number of anilines is 3. The predicted octanol–water partition coefficient (Wildman–Crippen LogP) is 3.77. The normalized spacial score (nSPS) is 20.0. The van der Waals surface area contributed by atoms with Crippen molar-refractivity contribution in [1.29, 1.82) is 0 Å². The molecule has 0 bridgehead atoms. The van der Waals surface area contributed by atoms with Gasteiger partial charge in [0.05, 0.1) is 17.9 Å². The third-order valence-electron chi connectivity index (χ3n) is 8.07. The number of aryl methyl sites for hydroxylation is 2. The molecule has 0 spiro atoms. The third-order valence-corrected chi connectivity index (χ3v) is 8.07. The van der Waals surface area contributed by atoms with E-state index in [1.165, 1.54) is 11.9 Å². The lowest BCUT2D eigenvalue weighted by molar-refractivity contribution is -0.124. The molecule has 214 valence electrons. The quantitative estimate of drug-likeness (QED) is 0.308. The lowest BCUT2D eigenvalue weighted by Crippen LogP contribution is -2.30. The second kappa shape index (κ2) is 9.89. The molecule has 4 amide bonds. The minimum atomic E-state index is -0.347. The maximum absolute atomic E-state index is 13.0. The molecule has 12 heteroatoms. The number of pyridine rings is 2. The van der Waals surface area contributed by atoms with Crippen molar-refractivity contribution in [3.05, 3.63) is 71.3 Å². The number of imide groups is 1. The minimum Gasteiger partial charge on any atom is -0.364 e. The lowest BCUT2D eigenvalue weighted by Gasteiger charge is -2.17. The van der Waals surface area contributed by atoms with E-state index < -0.39 is 0 Å². The monoisotopic (exact) mass is 565 g/mol. The van der Waals surface area contributed by atoms with Gasteiger partial charge in [0.25, 0.3) is 0 Å². The van der Waals surface area contributed by atoms with Crippen LogP contribution in [0.4, 0.5) is 22.0 Å². The van der Waals surface area contributed by atoms with Crippen molar-refractivity contribution in [1.82, 2.24) is 29.2 Å². The molecule has 4 aromatic heterocycles. The van der Waals surface area contributed by atoms with Gasteiger partial charge in [0, 0.05) is 60.6 Å². The molecule has 4 aromatic rings. The Morgan fingerprint density at radius 3 is 2.62 bits per heavy atom. The van der Waals surface area contributed by atoms with Crippen LogP contribution in [0.3, 0.4) is 0 Å². The summed E-state index contributed by atoms with van der Waals surface area (Å²) in [5, 5.41) is 6.35. The van der Waals surface area contributed by atoms with Gasteiger partial charge in [-0.2, -0.15) is 0 Å². The smallest absolute Gasteiger partial charge is 0.331 e. The van der Waals surface area contributed by atoms with Crippen molar-refractivity contribution in [2.45, 2.75) is 51.5 Å².